The average Bonchev–Trinajstić information content (AvgIpc) is 1.67. The van der Waals surface area contributed by atoms with Gasteiger partial charge in [-0.15, -0.1) is 56.1 Å². The Hall–Kier alpha value is -19.5. The summed E-state index contributed by atoms with van der Waals surface area (Å²) in [5.74, 6) is 4.78. The standard InChI is InChI=1S/4C11H15N5O2.3C10H13N5O2.C9H11N5O2/c1-15(2)11-14-13-10(16(11)3)12-7-5-4-6-8(17)9(7)18;1-15(11-14-13-10(12)16(11)2)6-7-4-3-5-8(17)9(7)18;1-16(2)11-13-10(14-15-11)12-6-7-4-3-5-8(17)9(7)18;1-12-10-13-11(15-14-10)16(2)6-7-4-3-5-8(17)9(7)18;1-15(10-12-9(11)13-14-10)5-6-3-2-4-7(16)8(6)17;1-15-9(11)13-14-10(15)12-5-6-3-2-4-7(16)8(6)17;1-11-9-13-10(15-14-9)12-5-6-3-2-4-7(16)8(6)17;10-8-12-9(14-13-8)11-4-5-2-1-3-6(15)7(5)16/h4-6,17-18H,1-3H3,(H,12,13);3-5,17-18H,6H2,1-2H3,(H2,12,13);2*3-5,17-18H,6H2,1-2H3,(H2,12,13,14,15);2-4,16-17H,5H2,1H3,(H3,11,12,13,14);2-4,16-17H,5H2,1H3,(H2,11,13)(H,12,14);2-4,16-17H,5H2,1H3,(H3,11,12,13,14,15);1-3,15-16H,4H2,(H4,10,11,12,13,14). The van der Waals surface area contributed by atoms with Gasteiger partial charge in [-0.05, 0) is 54.6 Å². The SMILES string of the molecule is CN(C)c1n[nH]c(NCc2cccc(O)c2O)n1.CN(C)c1nnc(Nc2cccc(O)c2O)n1C.CN(Cc1cccc(O)c1O)c1n[nH]c(N)n1.CN(Cc1cccc(O)c1O)c1nnc(N)n1C.CNc1n[nH]c(NCc2cccc(O)c2O)n1.CNc1nc(N(C)Cc2cccc(O)c2O)n[nH]1.Cn1c(N)nnc1NCc1cccc(O)c1O.Nc1nc(NCc2cccc(O)c2O)n[nH]1. The Morgan fingerprint density at radius 1 is 0.295 bits per heavy atom. The molecule has 0 atom stereocenters. The van der Waals surface area contributed by atoms with E-state index in [0.29, 0.717) is 167 Å². The fourth-order valence-electron chi connectivity index (χ4n) is 11.7. The van der Waals surface area contributed by atoms with E-state index in [-0.39, 0.29) is 110 Å². The van der Waals surface area contributed by atoms with Gasteiger partial charge in [0.05, 0.1) is 5.69 Å². The molecular formula is C83H110N40O16. The van der Waals surface area contributed by atoms with Gasteiger partial charge in [0, 0.05) is 169 Å². The molecule has 0 aliphatic rings. The molecule has 56 nitrogen and oxygen atoms in total. The molecule has 8 aromatic carbocycles. The van der Waals surface area contributed by atoms with Crippen LogP contribution in [0.1, 0.15) is 38.9 Å². The molecule has 0 amide bonds. The first-order valence-electron chi connectivity index (χ1n) is 41.1. The van der Waals surface area contributed by atoms with Gasteiger partial charge in [-0.2, -0.15) is 24.9 Å². The van der Waals surface area contributed by atoms with Gasteiger partial charge in [-0.3, -0.25) is 13.7 Å². The minimum absolute atomic E-state index is 0.117. The number of hydrogen-bond donors (Lipinski definition) is 32. The first-order valence-corrected chi connectivity index (χ1v) is 41.1. The van der Waals surface area contributed by atoms with Crippen molar-refractivity contribution in [2.45, 2.75) is 45.8 Å². The van der Waals surface area contributed by atoms with Gasteiger partial charge >= 0.3 is 0 Å². The number of rotatable bonds is 27. The number of H-pyrrole nitrogens is 5. The van der Waals surface area contributed by atoms with Crippen molar-refractivity contribution in [2.75, 3.05) is 148 Å². The lowest BCUT2D eigenvalue weighted by atomic mass is 10.2. The minimum atomic E-state index is -0.216. The van der Waals surface area contributed by atoms with Crippen LogP contribution >= 0.6 is 0 Å². The minimum Gasteiger partial charge on any atom is -0.504 e. The molecule has 0 spiro atoms. The van der Waals surface area contributed by atoms with E-state index in [1.807, 2.05) is 33.1 Å². The summed E-state index contributed by atoms with van der Waals surface area (Å²) in [4.78, 5) is 29.0. The highest BCUT2D eigenvalue weighted by atomic mass is 16.3. The van der Waals surface area contributed by atoms with Crippen LogP contribution in [0.15, 0.2) is 146 Å². The van der Waals surface area contributed by atoms with Crippen molar-refractivity contribution in [3.63, 3.8) is 0 Å². The van der Waals surface area contributed by atoms with Crippen LogP contribution in [-0.4, -0.2) is 265 Å². The third-order valence-electron chi connectivity index (χ3n) is 19.3. The molecule has 738 valence electrons. The Balaban J connectivity index is 0.000000178. The number of nitrogen functional groups attached to an aromatic ring is 4. The molecule has 0 saturated carbocycles. The molecule has 56 heteroatoms. The van der Waals surface area contributed by atoms with Crippen molar-refractivity contribution in [3.8, 4) is 92.0 Å². The van der Waals surface area contributed by atoms with Crippen molar-refractivity contribution in [1.29, 1.82) is 0 Å². The summed E-state index contributed by atoms with van der Waals surface area (Å²) in [5.41, 5.74) is 26.3. The Morgan fingerprint density at radius 3 is 1.02 bits per heavy atom. The van der Waals surface area contributed by atoms with Crippen molar-refractivity contribution in [3.05, 3.63) is 185 Å². The fraction of sp³-hybridized carbons (Fsp3) is 0.229. The summed E-state index contributed by atoms with van der Waals surface area (Å²) in [7, 11) is 21.5. The summed E-state index contributed by atoms with van der Waals surface area (Å²) >= 11 is 0. The number of phenols is 16. The van der Waals surface area contributed by atoms with Gasteiger partial charge in [-0.1, -0.05) is 91.0 Å². The van der Waals surface area contributed by atoms with E-state index in [2.05, 4.69) is 144 Å². The number of para-hydroxylation sites is 8. The van der Waals surface area contributed by atoms with Gasteiger partial charge in [0.2, 0.25) is 95.2 Å². The van der Waals surface area contributed by atoms with Crippen LogP contribution in [0.2, 0.25) is 0 Å². The second-order valence-electron chi connectivity index (χ2n) is 29.8. The number of nitrogens with two attached hydrogens (primary N) is 4. The number of aromatic amines is 5. The van der Waals surface area contributed by atoms with Crippen LogP contribution in [0.5, 0.6) is 92.0 Å². The van der Waals surface area contributed by atoms with E-state index in [9.17, 15) is 81.7 Å². The number of aromatic hydroxyl groups is 16. The first-order chi connectivity index (χ1) is 66.2. The zero-order valence-corrected chi connectivity index (χ0v) is 77.0. The van der Waals surface area contributed by atoms with Crippen LogP contribution in [0.25, 0.3) is 0 Å². The number of aromatic nitrogens is 24. The highest BCUT2D eigenvalue weighted by molar-refractivity contribution is 5.67. The Morgan fingerprint density at radius 2 is 0.640 bits per heavy atom. The maximum Gasteiger partial charge on any atom is 0.246 e. The summed E-state index contributed by atoms with van der Waals surface area (Å²) < 4.78 is 4.96. The van der Waals surface area contributed by atoms with E-state index >= 15 is 0 Å². The molecule has 0 unspecified atom stereocenters. The molecule has 0 bridgehead atoms. The Kier molecular flexibility index (Phi) is 36.1. The number of anilines is 17. The summed E-state index contributed by atoms with van der Waals surface area (Å²) in [6.45, 7) is 2.40. The zero-order valence-electron chi connectivity index (χ0n) is 77.0. The normalized spacial score (nSPS) is 10.4. The Bertz CT molecular complexity index is 6610. The maximum absolute atomic E-state index is 9.72. The number of benzene rings is 8. The summed E-state index contributed by atoms with van der Waals surface area (Å²) in [5, 5.41) is 228. The number of phenolic OH excluding ortho intramolecular Hbond substituents is 16. The van der Waals surface area contributed by atoms with Gasteiger partial charge in [0.15, 0.2) is 92.0 Å². The van der Waals surface area contributed by atoms with Crippen LogP contribution in [-0.2, 0) is 67.0 Å². The van der Waals surface area contributed by atoms with Gasteiger partial charge < -0.3 is 166 Å². The smallest absolute Gasteiger partial charge is 0.246 e. The van der Waals surface area contributed by atoms with Crippen LogP contribution in [0, 0.1) is 0 Å². The molecule has 16 rings (SSSR count). The molecule has 0 aliphatic carbocycles. The van der Waals surface area contributed by atoms with Gasteiger partial charge in [0.25, 0.3) is 0 Å². The predicted octanol–water partition coefficient (Wildman–Crippen LogP) is 5.40. The number of nitrogens with one attached hydrogen (secondary N) is 12. The highest BCUT2D eigenvalue weighted by Gasteiger charge is 2.21. The average molecular weight is 1920 g/mol. The van der Waals surface area contributed by atoms with Crippen LogP contribution in [0.3, 0.4) is 0 Å². The maximum atomic E-state index is 9.72. The number of hydrogen-bond acceptors (Lipinski definition) is 48. The van der Waals surface area contributed by atoms with Crippen LogP contribution in [0.4, 0.5) is 101 Å². The quantitative estimate of drug-likeness (QED) is 0.0286. The second-order valence-corrected chi connectivity index (χ2v) is 29.8. The first kappa shape index (κ1) is 103. The summed E-state index contributed by atoms with van der Waals surface area (Å²) in [6, 6.07) is 38.2. The molecule has 8 heterocycles. The molecule has 0 aliphatic heterocycles. The second kappa shape index (κ2) is 48.6. The topological polar surface area (TPSA) is 828 Å². The molecule has 0 saturated heterocycles. The van der Waals surface area contributed by atoms with E-state index in [0.717, 1.165) is 0 Å². The zero-order chi connectivity index (χ0) is 101. The van der Waals surface area contributed by atoms with E-state index in [1.54, 1.807) is 187 Å². The molecular weight excluding hydrogens is 1810 g/mol. The van der Waals surface area contributed by atoms with Crippen molar-refractivity contribution in [2.24, 2.45) is 21.1 Å². The predicted molar refractivity (Wildman–Crippen MR) is 517 cm³/mol. The molecule has 16 aromatic rings. The molecule has 0 fully saturated rings. The third kappa shape index (κ3) is 28.7. The highest BCUT2D eigenvalue weighted by Crippen LogP contribution is 2.38. The van der Waals surface area contributed by atoms with E-state index in [1.165, 1.54) is 48.5 Å². The van der Waals surface area contributed by atoms with E-state index < -0.39 is 0 Å². The molecule has 36 N–H and O–H groups in total. The lowest BCUT2D eigenvalue weighted by Crippen LogP contribution is -2.20. The van der Waals surface area contributed by atoms with Crippen LogP contribution < -0.4 is 84.7 Å². The van der Waals surface area contributed by atoms with Crippen molar-refractivity contribution in [1.82, 2.24) is 120 Å². The lowest BCUT2D eigenvalue weighted by molar-refractivity contribution is 0.399. The van der Waals surface area contributed by atoms with E-state index in [4.69, 9.17) is 22.9 Å². The summed E-state index contributed by atoms with van der Waals surface area (Å²) in [6.07, 6.45) is 0. The monoisotopic (exact) mass is 1920 g/mol. The fourth-order valence-corrected chi connectivity index (χ4v) is 11.7. The van der Waals surface area contributed by atoms with Crippen molar-refractivity contribution < 1.29 is 81.7 Å². The molecule has 8 aromatic heterocycles. The lowest BCUT2D eigenvalue weighted by Gasteiger charge is -2.18. The Labute approximate surface area is 791 Å². The van der Waals surface area contributed by atoms with Gasteiger partial charge in [-0.25, -0.2) is 25.5 Å². The molecule has 0 radical (unpaired) electrons. The molecule has 139 heavy (non-hydrogen) atoms. The largest absolute Gasteiger partial charge is 0.504 e. The third-order valence-corrected chi connectivity index (χ3v) is 19.3. The van der Waals surface area contributed by atoms with Gasteiger partial charge in [0.1, 0.15) is 0 Å². The number of nitrogens with zero attached hydrogens (tertiary/aromatic N) is 24. The van der Waals surface area contributed by atoms with Crippen molar-refractivity contribution >= 4 is 101 Å².